The summed E-state index contributed by atoms with van der Waals surface area (Å²) in [5, 5.41) is 3.17. The minimum Gasteiger partial charge on any atom is -0.378 e. The van der Waals surface area contributed by atoms with Crippen LogP contribution in [0.4, 0.5) is 17.1 Å². The molecule has 2 aromatic rings. The van der Waals surface area contributed by atoms with E-state index in [1.165, 1.54) is 12.8 Å². The van der Waals surface area contributed by atoms with E-state index < -0.39 is 0 Å². The lowest BCUT2D eigenvalue weighted by Crippen LogP contribution is -2.36. The second-order valence-electron chi connectivity index (χ2n) is 7.32. The van der Waals surface area contributed by atoms with Crippen LogP contribution in [0.2, 0.25) is 0 Å². The SMILES string of the molecule is Cc1cccc(C(=O)Nc2cc(N3CCOCC3)ccc2N2CCCC2)c1. The predicted octanol–water partition coefficient (Wildman–Crippen LogP) is 3.68. The van der Waals surface area contributed by atoms with Gasteiger partial charge < -0.3 is 19.9 Å². The topological polar surface area (TPSA) is 44.8 Å². The second kappa shape index (κ2) is 8.01. The largest absolute Gasteiger partial charge is 0.378 e. The van der Waals surface area contributed by atoms with Gasteiger partial charge in [-0.25, -0.2) is 0 Å². The van der Waals surface area contributed by atoms with E-state index in [0.29, 0.717) is 5.56 Å². The maximum absolute atomic E-state index is 12.9. The molecule has 0 radical (unpaired) electrons. The van der Waals surface area contributed by atoms with Crippen LogP contribution < -0.4 is 15.1 Å². The molecule has 0 bridgehead atoms. The zero-order valence-corrected chi connectivity index (χ0v) is 15.9. The van der Waals surface area contributed by atoms with Gasteiger partial charge in [0.25, 0.3) is 5.91 Å². The molecule has 0 aromatic heterocycles. The molecular formula is C22H27N3O2. The molecule has 1 amide bonds. The Morgan fingerprint density at radius 3 is 2.48 bits per heavy atom. The first-order chi connectivity index (χ1) is 13.2. The average molecular weight is 365 g/mol. The third-order valence-electron chi connectivity index (χ3n) is 5.33. The van der Waals surface area contributed by atoms with Gasteiger partial charge >= 0.3 is 0 Å². The van der Waals surface area contributed by atoms with Gasteiger partial charge in [0.05, 0.1) is 24.6 Å². The van der Waals surface area contributed by atoms with E-state index in [1.54, 1.807) is 0 Å². The maximum atomic E-state index is 12.9. The third-order valence-corrected chi connectivity index (χ3v) is 5.33. The van der Waals surface area contributed by atoms with Crippen LogP contribution in [0.5, 0.6) is 0 Å². The van der Waals surface area contributed by atoms with Crippen molar-refractivity contribution in [1.29, 1.82) is 0 Å². The van der Waals surface area contributed by atoms with Crippen LogP contribution in [-0.4, -0.2) is 45.3 Å². The van der Waals surface area contributed by atoms with Gasteiger partial charge in [0, 0.05) is 37.4 Å². The Labute approximate surface area is 160 Å². The number of anilines is 3. The summed E-state index contributed by atoms with van der Waals surface area (Å²) >= 11 is 0. The molecule has 4 rings (SSSR count). The zero-order chi connectivity index (χ0) is 18.6. The summed E-state index contributed by atoms with van der Waals surface area (Å²) in [6.45, 7) is 7.36. The van der Waals surface area contributed by atoms with Crippen molar-refractivity contribution in [3.05, 3.63) is 53.6 Å². The predicted molar refractivity (Wildman–Crippen MR) is 110 cm³/mol. The number of carbonyl (C=O) groups excluding carboxylic acids is 1. The molecule has 2 heterocycles. The van der Waals surface area contributed by atoms with Gasteiger partial charge in [-0.15, -0.1) is 0 Å². The van der Waals surface area contributed by atoms with E-state index in [2.05, 4.69) is 33.3 Å². The molecular weight excluding hydrogens is 338 g/mol. The fourth-order valence-electron chi connectivity index (χ4n) is 3.86. The second-order valence-corrected chi connectivity index (χ2v) is 7.32. The van der Waals surface area contributed by atoms with E-state index >= 15 is 0 Å². The Balaban J connectivity index is 1.63. The molecule has 0 unspecified atom stereocenters. The molecule has 0 atom stereocenters. The van der Waals surface area contributed by atoms with E-state index in [0.717, 1.165) is 62.0 Å². The lowest BCUT2D eigenvalue weighted by Gasteiger charge is -2.30. The fourth-order valence-corrected chi connectivity index (χ4v) is 3.86. The molecule has 142 valence electrons. The van der Waals surface area contributed by atoms with Crippen molar-refractivity contribution in [2.45, 2.75) is 19.8 Å². The fraction of sp³-hybridized carbons (Fsp3) is 0.409. The molecule has 2 aliphatic heterocycles. The lowest BCUT2D eigenvalue weighted by atomic mass is 10.1. The summed E-state index contributed by atoms with van der Waals surface area (Å²) in [6.07, 6.45) is 2.41. The number of rotatable bonds is 4. The third kappa shape index (κ3) is 4.08. The number of hydrogen-bond donors (Lipinski definition) is 1. The molecule has 0 saturated carbocycles. The monoisotopic (exact) mass is 365 g/mol. The summed E-state index contributed by atoms with van der Waals surface area (Å²) in [4.78, 5) is 17.5. The molecule has 2 fully saturated rings. The van der Waals surface area contributed by atoms with Gasteiger partial charge in [0.15, 0.2) is 0 Å². The van der Waals surface area contributed by atoms with Crippen LogP contribution in [0.3, 0.4) is 0 Å². The Morgan fingerprint density at radius 2 is 1.74 bits per heavy atom. The van der Waals surface area contributed by atoms with Crippen molar-refractivity contribution in [3.8, 4) is 0 Å². The quantitative estimate of drug-likeness (QED) is 0.898. The first-order valence-corrected chi connectivity index (χ1v) is 9.80. The van der Waals surface area contributed by atoms with E-state index in [4.69, 9.17) is 4.74 Å². The zero-order valence-electron chi connectivity index (χ0n) is 15.9. The van der Waals surface area contributed by atoms with E-state index in [-0.39, 0.29) is 5.91 Å². The van der Waals surface area contributed by atoms with Gasteiger partial charge in [-0.3, -0.25) is 4.79 Å². The summed E-state index contributed by atoms with van der Waals surface area (Å²) < 4.78 is 5.47. The highest BCUT2D eigenvalue weighted by Crippen LogP contribution is 2.33. The Morgan fingerprint density at radius 1 is 0.963 bits per heavy atom. The number of morpholine rings is 1. The normalized spacial score (nSPS) is 17.2. The Bertz CT molecular complexity index is 809. The van der Waals surface area contributed by atoms with Crippen LogP contribution in [0.25, 0.3) is 0 Å². The minimum atomic E-state index is -0.0572. The van der Waals surface area contributed by atoms with Crippen molar-refractivity contribution >= 4 is 23.0 Å². The van der Waals surface area contributed by atoms with E-state index in [1.807, 2.05) is 31.2 Å². The number of nitrogens with one attached hydrogen (secondary N) is 1. The van der Waals surface area contributed by atoms with Gasteiger partial charge in [-0.1, -0.05) is 17.7 Å². The highest BCUT2D eigenvalue weighted by molar-refractivity contribution is 6.06. The minimum absolute atomic E-state index is 0.0572. The molecule has 2 aliphatic rings. The lowest BCUT2D eigenvalue weighted by molar-refractivity contribution is 0.102. The van der Waals surface area contributed by atoms with Gasteiger partial charge in [0.2, 0.25) is 0 Å². The highest BCUT2D eigenvalue weighted by atomic mass is 16.5. The molecule has 2 aromatic carbocycles. The molecule has 2 saturated heterocycles. The van der Waals surface area contributed by atoms with Crippen LogP contribution >= 0.6 is 0 Å². The van der Waals surface area contributed by atoms with Gasteiger partial charge in [-0.05, 0) is 50.1 Å². The van der Waals surface area contributed by atoms with Gasteiger partial charge in [0.1, 0.15) is 0 Å². The van der Waals surface area contributed by atoms with Crippen molar-refractivity contribution in [1.82, 2.24) is 0 Å². The van der Waals surface area contributed by atoms with Crippen molar-refractivity contribution < 1.29 is 9.53 Å². The summed E-state index contributed by atoms with van der Waals surface area (Å²) in [6, 6.07) is 14.2. The number of aryl methyl sites for hydroxylation is 1. The standard InChI is InChI=1S/C22H27N3O2/c1-17-5-4-6-18(15-17)22(26)23-20-16-19(24-11-13-27-14-12-24)7-8-21(20)25-9-2-3-10-25/h4-8,15-16H,2-3,9-14H2,1H3,(H,23,26). The molecule has 5 nitrogen and oxygen atoms in total. The number of ether oxygens (including phenoxy) is 1. The number of hydrogen-bond acceptors (Lipinski definition) is 4. The molecule has 0 aliphatic carbocycles. The number of carbonyl (C=O) groups is 1. The summed E-state index contributed by atoms with van der Waals surface area (Å²) in [7, 11) is 0. The Hall–Kier alpha value is -2.53. The molecule has 5 heteroatoms. The number of amides is 1. The van der Waals surface area contributed by atoms with Gasteiger partial charge in [-0.2, -0.15) is 0 Å². The van der Waals surface area contributed by atoms with Crippen LogP contribution in [0.15, 0.2) is 42.5 Å². The van der Waals surface area contributed by atoms with Crippen molar-refractivity contribution in [2.75, 3.05) is 54.5 Å². The van der Waals surface area contributed by atoms with Crippen LogP contribution in [0.1, 0.15) is 28.8 Å². The summed E-state index contributed by atoms with van der Waals surface area (Å²) in [5.74, 6) is -0.0572. The van der Waals surface area contributed by atoms with Crippen molar-refractivity contribution in [3.63, 3.8) is 0 Å². The first kappa shape index (κ1) is 17.9. The molecule has 27 heavy (non-hydrogen) atoms. The molecule has 0 spiro atoms. The average Bonchev–Trinajstić information content (AvgIpc) is 3.23. The number of nitrogens with zero attached hydrogens (tertiary/aromatic N) is 2. The van der Waals surface area contributed by atoms with Crippen LogP contribution in [0, 0.1) is 6.92 Å². The number of benzene rings is 2. The maximum Gasteiger partial charge on any atom is 0.255 e. The highest BCUT2D eigenvalue weighted by Gasteiger charge is 2.20. The van der Waals surface area contributed by atoms with Crippen molar-refractivity contribution in [2.24, 2.45) is 0 Å². The first-order valence-electron chi connectivity index (χ1n) is 9.80. The smallest absolute Gasteiger partial charge is 0.255 e. The van der Waals surface area contributed by atoms with Crippen LogP contribution in [-0.2, 0) is 4.74 Å². The summed E-state index contributed by atoms with van der Waals surface area (Å²) in [5.41, 5.74) is 4.93. The molecule has 1 N–H and O–H groups in total. The van der Waals surface area contributed by atoms with E-state index in [9.17, 15) is 4.79 Å². The Kier molecular flexibility index (Phi) is 5.30.